The third kappa shape index (κ3) is 5.86. The van der Waals surface area contributed by atoms with E-state index in [1.807, 2.05) is 0 Å². The third-order valence-electron chi connectivity index (χ3n) is 4.60. The second-order valence-electron chi connectivity index (χ2n) is 6.46. The fraction of sp³-hybridized carbons (Fsp3) is 0.409. The topological polar surface area (TPSA) is 94.4 Å². The van der Waals surface area contributed by atoms with E-state index in [1.54, 1.807) is 32.0 Å². The first kappa shape index (κ1) is 24.9. The monoisotopic (exact) mass is 467 g/mol. The third-order valence-corrected chi connectivity index (χ3v) is 5.43. The molecular formula is C22H23Cl2NO6. The van der Waals surface area contributed by atoms with Crippen LogP contribution in [0.5, 0.6) is 0 Å². The first-order chi connectivity index (χ1) is 14.9. The molecule has 0 aromatic heterocycles. The summed E-state index contributed by atoms with van der Waals surface area (Å²) >= 11 is 12.7. The lowest BCUT2D eigenvalue weighted by Gasteiger charge is -2.32. The summed E-state index contributed by atoms with van der Waals surface area (Å²) in [4.78, 5) is 30.1. The van der Waals surface area contributed by atoms with E-state index in [0.29, 0.717) is 17.0 Å². The van der Waals surface area contributed by atoms with Gasteiger partial charge in [0, 0.05) is 11.6 Å². The van der Waals surface area contributed by atoms with Crippen molar-refractivity contribution in [3.05, 3.63) is 45.1 Å². The minimum absolute atomic E-state index is 0.0255. The number of hydrogen-bond acceptors (Lipinski definition) is 7. The number of nitrogens with zero attached hydrogens (tertiary/aromatic N) is 1. The molecule has 31 heavy (non-hydrogen) atoms. The van der Waals surface area contributed by atoms with Gasteiger partial charge in [-0.1, -0.05) is 47.2 Å². The molecule has 9 heteroatoms. The number of esters is 2. The number of benzene rings is 1. The first-order valence-electron chi connectivity index (χ1n) is 9.48. The molecule has 0 saturated carbocycles. The van der Waals surface area contributed by atoms with Gasteiger partial charge in [-0.3, -0.25) is 9.79 Å². The van der Waals surface area contributed by atoms with Crippen LogP contribution in [0.25, 0.3) is 0 Å². The summed E-state index contributed by atoms with van der Waals surface area (Å²) in [6.07, 6.45) is 0. The molecule has 0 fully saturated rings. The van der Waals surface area contributed by atoms with Crippen LogP contribution in [0.4, 0.5) is 0 Å². The Kier molecular flexibility index (Phi) is 9.53. The Bertz CT molecular complexity index is 960. The van der Waals surface area contributed by atoms with Crippen LogP contribution < -0.4 is 0 Å². The summed E-state index contributed by atoms with van der Waals surface area (Å²) in [6.45, 7) is 3.15. The van der Waals surface area contributed by atoms with Gasteiger partial charge in [0.1, 0.15) is 19.1 Å². The fourth-order valence-electron chi connectivity index (χ4n) is 3.33. The molecule has 1 aliphatic rings. The molecule has 0 radical (unpaired) electrons. The number of hydrogen-bond donors (Lipinski definition) is 1. The van der Waals surface area contributed by atoms with Crippen molar-refractivity contribution in [2.24, 2.45) is 10.9 Å². The highest BCUT2D eigenvalue weighted by atomic mass is 35.5. The largest absolute Gasteiger partial charge is 0.468 e. The first-order valence-corrected chi connectivity index (χ1v) is 10.2. The van der Waals surface area contributed by atoms with Crippen molar-refractivity contribution in [1.82, 2.24) is 0 Å². The zero-order valence-corrected chi connectivity index (χ0v) is 18.9. The lowest BCUT2D eigenvalue weighted by atomic mass is 9.75. The van der Waals surface area contributed by atoms with Crippen LogP contribution in [-0.2, 0) is 23.8 Å². The zero-order chi connectivity index (χ0) is 23.0. The average Bonchev–Trinajstić information content (AvgIpc) is 2.74. The SMILES string of the molecule is CCOC(=O)C1=C(COCC#CCO)N=C(C)C(C(=O)OC)C1c1cccc(Cl)c1Cl. The van der Waals surface area contributed by atoms with E-state index in [0.717, 1.165) is 0 Å². The van der Waals surface area contributed by atoms with E-state index < -0.39 is 23.8 Å². The molecule has 0 bridgehead atoms. The van der Waals surface area contributed by atoms with Gasteiger partial charge >= 0.3 is 11.9 Å². The van der Waals surface area contributed by atoms with E-state index in [4.69, 9.17) is 42.5 Å². The number of ether oxygens (including phenoxy) is 3. The van der Waals surface area contributed by atoms with Gasteiger partial charge in [0.05, 0.1) is 41.6 Å². The number of aliphatic hydroxyl groups is 1. The highest BCUT2D eigenvalue weighted by molar-refractivity contribution is 6.42. The van der Waals surface area contributed by atoms with Crippen molar-refractivity contribution in [3.8, 4) is 11.8 Å². The Morgan fingerprint density at radius 1 is 1.26 bits per heavy atom. The van der Waals surface area contributed by atoms with Gasteiger partial charge in [-0.15, -0.1) is 0 Å². The smallest absolute Gasteiger partial charge is 0.336 e. The number of carbonyl (C=O) groups is 2. The molecule has 7 nitrogen and oxygen atoms in total. The maximum Gasteiger partial charge on any atom is 0.336 e. The van der Waals surface area contributed by atoms with Crippen molar-refractivity contribution in [2.45, 2.75) is 19.8 Å². The van der Waals surface area contributed by atoms with E-state index in [1.165, 1.54) is 7.11 Å². The van der Waals surface area contributed by atoms with Crippen LogP contribution in [0.3, 0.4) is 0 Å². The predicted molar refractivity (Wildman–Crippen MR) is 117 cm³/mol. The van der Waals surface area contributed by atoms with Crippen molar-refractivity contribution < 1.29 is 28.9 Å². The van der Waals surface area contributed by atoms with Crippen LogP contribution in [0.2, 0.25) is 10.0 Å². The molecule has 2 atom stereocenters. The zero-order valence-electron chi connectivity index (χ0n) is 17.4. The molecular weight excluding hydrogens is 445 g/mol. The summed E-state index contributed by atoms with van der Waals surface area (Å²) in [5.74, 6) is 2.14. The molecule has 1 heterocycles. The molecule has 1 aromatic rings. The minimum atomic E-state index is -0.904. The second-order valence-corrected chi connectivity index (χ2v) is 7.25. The molecule has 0 spiro atoms. The fourth-order valence-corrected chi connectivity index (χ4v) is 3.75. The van der Waals surface area contributed by atoms with Gasteiger partial charge in [-0.2, -0.15) is 0 Å². The molecule has 2 rings (SSSR count). The Morgan fingerprint density at radius 3 is 2.65 bits per heavy atom. The van der Waals surface area contributed by atoms with Crippen molar-refractivity contribution in [2.75, 3.05) is 33.5 Å². The molecule has 166 valence electrons. The second kappa shape index (κ2) is 11.9. The van der Waals surface area contributed by atoms with E-state index in [9.17, 15) is 9.59 Å². The van der Waals surface area contributed by atoms with Gasteiger partial charge < -0.3 is 19.3 Å². The highest BCUT2D eigenvalue weighted by Crippen LogP contribution is 2.44. The summed E-state index contributed by atoms with van der Waals surface area (Å²) in [7, 11) is 1.26. The summed E-state index contributed by atoms with van der Waals surface area (Å²) < 4.78 is 15.8. The van der Waals surface area contributed by atoms with Gasteiger partial charge in [0.15, 0.2) is 0 Å². The molecule has 2 unspecified atom stereocenters. The Hall–Kier alpha value is -2.37. The Labute approximate surface area is 191 Å². The Balaban J connectivity index is 2.66. The maximum absolute atomic E-state index is 13.0. The number of aliphatic imine (C=N–C) groups is 1. The average molecular weight is 468 g/mol. The summed E-state index contributed by atoms with van der Waals surface area (Å²) in [5.41, 5.74) is 1.34. The molecule has 0 aliphatic carbocycles. The lowest BCUT2D eigenvalue weighted by Crippen LogP contribution is -2.37. The number of halogens is 2. The number of methoxy groups -OCH3 is 1. The van der Waals surface area contributed by atoms with Gasteiger partial charge in [0.25, 0.3) is 0 Å². The van der Waals surface area contributed by atoms with Gasteiger partial charge in [-0.05, 0) is 25.5 Å². The number of aliphatic hydroxyl groups excluding tert-OH is 1. The summed E-state index contributed by atoms with van der Waals surface area (Å²) in [5, 5.41) is 9.25. The van der Waals surface area contributed by atoms with Gasteiger partial charge in [0.2, 0.25) is 0 Å². The van der Waals surface area contributed by atoms with Crippen LogP contribution in [0, 0.1) is 17.8 Å². The predicted octanol–water partition coefficient (Wildman–Crippen LogP) is 3.17. The van der Waals surface area contributed by atoms with Crippen LogP contribution in [-0.4, -0.2) is 56.3 Å². The van der Waals surface area contributed by atoms with E-state index in [2.05, 4.69) is 16.8 Å². The molecule has 1 aliphatic heterocycles. The van der Waals surface area contributed by atoms with Crippen LogP contribution in [0.15, 0.2) is 34.5 Å². The van der Waals surface area contributed by atoms with Crippen LogP contribution in [0.1, 0.15) is 25.3 Å². The molecule has 1 N–H and O–H groups in total. The number of carbonyl (C=O) groups excluding carboxylic acids is 2. The van der Waals surface area contributed by atoms with E-state index >= 15 is 0 Å². The Morgan fingerprint density at radius 2 is 2.00 bits per heavy atom. The highest BCUT2D eigenvalue weighted by Gasteiger charge is 2.44. The van der Waals surface area contributed by atoms with Crippen molar-refractivity contribution in [3.63, 3.8) is 0 Å². The number of rotatable bonds is 7. The van der Waals surface area contributed by atoms with E-state index in [-0.39, 0.29) is 42.0 Å². The normalized spacial score (nSPS) is 18.1. The summed E-state index contributed by atoms with van der Waals surface area (Å²) in [6, 6.07) is 4.99. The standard InChI is InChI=1S/C22H23Cl2NO6/c1-4-31-22(28)19-16(12-30-11-6-5-10-26)25-13(2)17(21(27)29-3)18(19)14-8-7-9-15(23)20(14)24/h7-9,17-18,26H,4,10-12H2,1-3H3. The quantitative estimate of drug-likeness (QED) is 0.375. The minimum Gasteiger partial charge on any atom is -0.468 e. The van der Waals surface area contributed by atoms with Crippen LogP contribution >= 0.6 is 23.2 Å². The van der Waals surface area contributed by atoms with Gasteiger partial charge in [-0.25, -0.2) is 4.79 Å². The molecule has 0 amide bonds. The van der Waals surface area contributed by atoms with Crippen molar-refractivity contribution in [1.29, 1.82) is 0 Å². The van der Waals surface area contributed by atoms with Crippen molar-refractivity contribution >= 4 is 40.9 Å². The lowest BCUT2D eigenvalue weighted by molar-refractivity contribution is -0.144. The molecule has 1 aromatic carbocycles. The maximum atomic E-state index is 13.0. The molecule has 0 saturated heterocycles.